The standard InChI is InChI=1S/C15H21BrN2/c1-11-8-13(9-12(2)14(11)16)18-7-5-6-15(3,4)10-17/h8-9,18H,5-7H2,1-4H3. The summed E-state index contributed by atoms with van der Waals surface area (Å²) in [6.07, 6.45) is 1.93. The van der Waals surface area contributed by atoms with Crippen LogP contribution in [-0.4, -0.2) is 6.54 Å². The van der Waals surface area contributed by atoms with Crippen molar-refractivity contribution in [1.82, 2.24) is 0 Å². The number of hydrogen-bond donors (Lipinski definition) is 1. The first-order chi connectivity index (χ1) is 8.35. The third-order valence-corrected chi connectivity index (χ3v) is 4.30. The average molecular weight is 309 g/mol. The van der Waals surface area contributed by atoms with Crippen molar-refractivity contribution in [3.05, 3.63) is 27.7 Å². The Labute approximate surface area is 119 Å². The van der Waals surface area contributed by atoms with Crippen LogP contribution in [0.1, 0.15) is 37.8 Å². The molecule has 0 fully saturated rings. The molecule has 0 saturated carbocycles. The second-order valence-corrected chi connectivity index (χ2v) is 6.24. The predicted octanol–water partition coefficient (Wildman–Crippen LogP) is 4.81. The number of nitriles is 1. The Morgan fingerprint density at radius 3 is 2.33 bits per heavy atom. The molecule has 0 bridgehead atoms. The zero-order chi connectivity index (χ0) is 13.8. The van der Waals surface area contributed by atoms with Crippen molar-refractivity contribution in [2.24, 2.45) is 5.41 Å². The summed E-state index contributed by atoms with van der Waals surface area (Å²) in [6, 6.07) is 6.62. The van der Waals surface area contributed by atoms with E-state index in [1.54, 1.807) is 0 Å². The zero-order valence-electron chi connectivity index (χ0n) is 11.6. The van der Waals surface area contributed by atoms with E-state index in [1.165, 1.54) is 15.6 Å². The van der Waals surface area contributed by atoms with Gasteiger partial charge in [-0.1, -0.05) is 15.9 Å². The van der Waals surface area contributed by atoms with Crippen molar-refractivity contribution < 1.29 is 0 Å². The Balaban J connectivity index is 2.48. The molecule has 0 unspecified atom stereocenters. The smallest absolute Gasteiger partial charge is 0.0683 e. The topological polar surface area (TPSA) is 35.8 Å². The summed E-state index contributed by atoms with van der Waals surface area (Å²) in [6.45, 7) is 9.08. The number of halogens is 1. The molecule has 1 aromatic carbocycles. The number of nitrogens with zero attached hydrogens (tertiary/aromatic N) is 1. The maximum atomic E-state index is 8.94. The molecule has 0 amide bonds. The van der Waals surface area contributed by atoms with E-state index in [9.17, 15) is 0 Å². The zero-order valence-corrected chi connectivity index (χ0v) is 13.2. The van der Waals surface area contributed by atoms with Gasteiger partial charge in [0.2, 0.25) is 0 Å². The van der Waals surface area contributed by atoms with Crippen molar-refractivity contribution in [3.63, 3.8) is 0 Å². The first-order valence-corrected chi connectivity index (χ1v) is 7.07. The highest BCUT2D eigenvalue weighted by Crippen LogP contribution is 2.25. The lowest BCUT2D eigenvalue weighted by Crippen LogP contribution is -2.11. The Hall–Kier alpha value is -1.01. The number of rotatable bonds is 5. The monoisotopic (exact) mass is 308 g/mol. The molecule has 98 valence electrons. The molecule has 0 saturated heterocycles. The molecule has 1 rings (SSSR count). The minimum atomic E-state index is -0.215. The summed E-state index contributed by atoms with van der Waals surface area (Å²) < 4.78 is 1.18. The molecule has 0 spiro atoms. The van der Waals surface area contributed by atoms with Crippen LogP contribution < -0.4 is 5.32 Å². The third-order valence-electron chi connectivity index (χ3n) is 3.05. The molecule has 1 N–H and O–H groups in total. The van der Waals surface area contributed by atoms with Gasteiger partial charge in [-0.15, -0.1) is 0 Å². The third kappa shape index (κ3) is 4.34. The summed E-state index contributed by atoms with van der Waals surface area (Å²) in [5, 5.41) is 12.4. The van der Waals surface area contributed by atoms with Gasteiger partial charge in [0.05, 0.1) is 11.5 Å². The van der Waals surface area contributed by atoms with Crippen LogP contribution in [0.3, 0.4) is 0 Å². The number of aryl methyl sites for hydroxylation is 2. The molecular formula is C15H21BrN2. The Morgan fingerprint density at radius 2 is 1.83 bits per heavy atom. The van der Waals surface area contributed by atoms with Gasteiger partial charge in [-0.3, -0.25) is 0 Å². The first-order valence-electron chi connectivity index (χ1n) is 6.27. The SMILES string of the molecule is Cc1cc(NCCCC(C)(C)C#N)cc(C)c1Br. The van der Waals surface area contributed by atoms with Gasteiger partial charge >= 0.3 is 0 Å². The Bertz CT molecular complexity index is 435. The van der Waals surface area contributed by atoms with Crippen LogP contribution in [0.4, 0.5) is 5.69 Å². The van der Waals surface area contributed by atoms with E-state index < -0.39 is 0 Å². The molecular weight excluding hydrogens is 288 g/mol. The van der Waals surface area contributed by atoms with E-state index in [4.69, 9.17) is 5.26 Å². The van der Waals surface area contributed by atoms with Crippen LogP contribution in [0, 0.1) is 30.6 Å². The lowest BCUT2D eigenvalue weighted by atomic mass is 9.90. The maximum Gasteiger partial charge on any atom is 0.0683 e. The second kappa shape index (κ2) is 6.24. The summed E-state index contributed by atoms with van der Waals surface area (Å²) in [5.41, 5.74) is 3.43. The molecule has 3 heteroatoms. The van der Waals surface area contributed by atoms with Crippen LogP contribution in [0.2, 0.25) is 0 Å². The lowest BCUT2D eigenvalue weighted by molar-refractivity contribution is 0.441. The second-order valence-electron chi connectivity index (χ2n) is 5.45. The van der Waals surface area contributed by atoms with Gasteiger partial charge in [0.15, 0.2) is 0 Å². The summed E-state index contributed by atoms with van der Waals surface area (Å²) >= 11 is 3.57. The van der Waals surface area contributed by atoms with Crippen molar-refractivity contribution >= 4 is 21.6 Å². The fourth-order valence-corrected chi connectivity index (χ4v) is 2.10. The van der Waals surface area contributed by atoms with Crippen molar-refractivity contribution in [3.8, 4) is 6.07 Å². The fraction of sp³-hybridized carbons (Fsp3) is 0.533. The van der Waals surface area contributed by atoms with Crippen LogP contribution in [0.15, 0.2) is 16.6 Å². The Kier molecular flexibility index (Phi) is 5.22. The minimum absolute atomic E-state index is 0.215. The highest BCUT2D eigenvalue weighted by Gasteiger charge is 2.15. The normalized spacial score (nSPS) is 11.1. The van der Waals surface area contributed by atoms with Crippen molar-refractivity contribution in [1.29, 1.82) is 5.26 Å². The lowest BCUT2D eigenvalue weighted by Gasteiger charge is -2.15. The van der Waals surface area contributed by atoms with Gasteiger partial charge in [0.1, 0.15) is 0 Å². The first kappa shape index (κ1) is 15.0. The summed E-state index contributed by atoms with van der Waals surface area (Å²) in [5.74, 6) is 0. The Morgan fingerprint density at radius 1 is 1.28 bits per heavy atom. The van der Waals surface area contributed by atoms with E-state index in [0.717, 1.165) is 25.1 Å². The van der Waals surface area contributed by atoms with E-state index in [1.807, 2.05) is 13.8 Å². The van der Waals surface area contributed by atoms with Gasteiger partial charge < -0.3 is 5.32 Å². The fourth-order valence-electron chi connectivity index (χ4n) is 1.87. The highest BCUT2D eigenvalue weighted by molar-refractivity contribution is 9.10. The number of hydrogen-bond acceptors (Lipinski definition) is 2. The molecule has 0 heterocycles. The highest BCUT2D eigenvalue weighted by atomic mass is 79.9. The van der Waals surface area contributed by atoms with Gasteiger partial charge in [-0.25, -0.2) is 0 Å². The van der Waals surface area contributed by atoms with E-state index in [0.29, 0.717) is 0 Å². The molecule has 0 radical (unpaired) electrons. The van der Waals surface area contributed by atoms with E-state index >= 15 is 0 Å². The molecule has 0 aromatic heterocycles. The predicted molar refractivity (Wildman–Crippen MR) is 80.7 cm³/mol. The van der Waals surface area contributed by atoms with Gasteiger partial charge in [0, 0.05) is 16.7 Å². The van der Waals surface area contributed by atoms with Crippen LogP contribution >= 0.6 is 15.9 Å². The molecule has 0 aliphatic carbocycles. The number of anilines is 1. The minimum Gasteiger partial charge on any atom is -0.385 e. The van der Waals surface area contributed by atoms with Crippen molar-refractivity contribution in [2.45, 2.75) is 40.5 Å². The molecule has 1 aromatic rings. The largest absolute Gasteiger partial charge is 0.385 e. The molecule has 2 nitrogen and oxygen atoms in total. The van der Waals surface area contributed by atoms with E-state index in [2.05, 4.69) is 53.3 Å². The molecule has 0 aliphatic rings. The number of benzene rings is 1. The van der Waals surface area contributed by atoms with Gasteiger partial charge in [0.25, 0.3) is 0 Å². The van der Waals surface area contributed by atoms with Crippen LogP contribution in [-0.2, 0) is 0 Å². The maximum absolute atomic E-state index is 8.94. The van der Waals surface area contributed by atoms with Crippen LogP contribution in [0.5, 0.6) is 0 Å². The molecule has 0 atom stereocenters. The summed E-state index contributed by atoms with van der Waals surface area (Å²) in [4.78, 5) is 0. The van der Waals surface area contributed by atoms with Crippen molar-refractivity contribution in [2.75, 3.05) is 11.9 Å². The molecule has 18 heavy (non-hydrogen) atoms. The van der Waals surface area contributed by atoms with Crippen LogP contribution in [0.25, 0.3) is 0 Å². The van der Waals surface area contributed by atoms with E-state index in [-0.39, 0.29) is 5.41 Å². The molecule has 0 aliphatic heterocycles. The summed E-state index contributed by atoms with van der Waals surface area (Å²) in [7, 11) is 0. The van der Waals surface area contributed by atoms with Gasteiger partial charge in [-0.2, -0.15) is 5.26 Å². The van der Waals surface area contributed by atoms with Gasteiger partial charge in [-0.05, 0) is 63.8 Å². The quantitative estimate of drug-likeness (QED) is 0.792. The number of nitrogens with one attached hydrogen (secondary N) is 1. The average Bonchev–Trinajstić information content (AvgIpc) is 2.31.